The summed E-state index contributed by atoms with van der Waals surface area (Å²) in [5.74, 6) is 0. The summed E-state index contributed by atoms with van der Waals surface area (Å²) < 4.78 is 1.65. The van der Waals surface area contributed by atoms with Crippen LogP contribution in [0, 0.1) is 0 Å². The Balaban J connectivity index is 0.000000218. The fourth-order valence-electron chi connectivity index (χ4n) is 0.615. The summed E-state index contributed by atoms with van der Waals surface area (Å²) in [6, 6.07) is 0. The molecule has 0 bridgehead atoms. The van der Waals surface area contributed by atoms with Crippen molar-refractivity contribution in [2.24, 2.45) is 0 Å². The Labute approximate surface area is 92.2 Å². The van der Waals surface area contributed by atoms with E-state index < -0.39 is 0 Å². The van der Waals surface area contributed by atoms with Crippen LogP contribution in [-0.4, -0.2) is 5.33 Å². The molecule has 0 heterocycles. The van der Waals surface area contributed by atoms with Crippen molar-refractivity contribution in [2.75, 3.05) is 5.33 Å². The topological polar surface area (TPSA) is 0 Å². The van der Waals surface area contributed by atoms with Crippen LogP contribution in [0.2, 0.25) is 0 Å². The monoisotopic (exact) mass is 379 g/mol. The first-order chi connectivity index (χ1) is 5.22. The van der Waals surface area contributed by atoms with Crippen LogP contribution in [-0.2, 0) is 24.4 Å². The van der Waals surface area contributed by atoms with E-state index in [1.165, 1.54) is 36.4 Å². The molecule has 0 nitrogen and oxygen atoms in total. The fraction of sp³-hybridized carbons (Fsp3) is 0.333. The standard InChI is InChI=1S/C6H7.C3H5Br.Hf/c1-6-4-2-3-5-6;1-2-3-4;/h2,4H,3H2,1H3;2H,1,3H2;. The van der Waals surface area contributed by atoms with Gasteiger partial charge in [-0.1, -0.05) is 22.0 Å². The molecule has 0 aromatic rings. The van der Waals surface area contributed by atoms with Crippen LogP contribution < -0.4 is 0 Å². The van der Waals surface area contributed by atoms with E-state index in [4.69, 9.17) is 0 Å². The van der Waals surface area contributed by atoms with Crippen molar-refractivity contribution in [2.45, 2.75) is 13.3 Å². The molecular formula is C9H12BrHf. The normalized spacial score (nSPS) is 14.3. The summed E-state index contributed by atoms with van der Waals surface area (Å²) >= 11 is 4.38. The fourth-order valence-corrected chi connectivity index (χ4v) is 1.34. The van der Waals surface area contributed by atoms with Crippen LogP contribution in [0.4, 0.5) is 0 Å². The summed E-state index contributed by atoms with van der Waals surface area (Å²) in [6.45, 7) is 5.62. The molecule has 0 saturated carbocycles. The SMILES string of the molecule is C=CCBr.CC1=[C]([Hf])CC=C1. The maximum absolute atomic E-state index is 3.43. The van der Waals surface area contributed by atoms with Crippen LogP contribution in [0.25, 0.3) is 0 Å². The van der Waals surface area contributed by atoms with Crippen molar-refractivity contribution in [1.82, 2.24) is 0 Å². The minimum atomic E-state index is 0.896. The van der Waals surface area contributed by atoms with Gasteiger partial charge in [0.05, 0.1) is 0 Å². The molecule has 0 unspecified atom stereocenters. The van der Waals surface area contributed by atoms with Gasteiger partial charge in [-0.05, 0) is 0 Å². The van der Waals surface area contributed by atoms with Crippen LogP contribution >= 0.6 is 15.9 Å². The van der Waals surface area contributed by atoms with Gasteiger partial charge in [-0.3, -0.25) is 0 Å². The molecule has 1 rings (SSSR count). The van der Waals surface area contributed by atoms with Crippen LogP contribution in [0.1, 0.15) is 13.3 Å². The van der Waals surface area contributed by atoms with E-state index in [9.17, 15) is 0 Å². The van der Waals surface area contributed by atoms with Crippen molar-refractivity contribution in [1.29, 1.82) is 0 Å². The molecule has 2 heteroatoms. The average Bonchev–Trinajstić information content (AvgIpc) is 2.37. The Morgan fingerprint density at radius 1 is 1.82 bits per heavy atom. The van der Waals surface area contributed by atoms with Crippen LogP contribution in [0.5, 0.6) is 0 Å². The van der Waals surface area contributed by atoms with Crippen LogP contribution in [0.3, 0.4) is 0 Å². The predicted octanol–water partition coefficient (Wildman–Crippen LogP) is 3.33. The zero-order chi connectivity index (χ0) is 8.69. The molecule has 0 radical (unpaired) electrons. The number of allylic oxidation sites excluding steroid dienone is 5. The second-order valence-electron chi connectivity index (χ2n) is 2.21. The van der Waals surface area contributed by atoms with E-state index in [2.05, 4.69) is 41.6 Å². The molecule has 1 aliphatic rings. The summed E-state index contributed by atoms with van der Waals surface area (Å²) in [6.07, 6.45) is 7.47. The Hall–Kier alpha value is 0.570. The molecule has 0 N–H and O–H groups in total. The summed E-state index contributed by atoms with van der Waals surface area (Å²) in [5, 5.41) is 0.896. The second kappa shape index (κ2) is 7.23. The summed E-state index contributed by atoms with van der Waals surface area (Å²) in [7, 11) is 0. The zero-order valence-corrected chi connectivity index (χ0v) is 11.9. The van der Waals surface area contributed by atoms with Crippen molar-refractivity contribution in [3.8, 4) is 0 Å². The molecule has 0 aromatic heterocycles. The number of hydrogen-bond acceptors (Lipinski definition) is 0. The molecular weight excluding hydrogens is 366 g/mol. The Morgan fingerprint density at radius 2 is 2.36 bits per heavy atom. The van der Waals surface area contributed by atoms with Crippen molar-refractivity contribution < 1.29 is 24.4 Å². The molecule has 0 fully saturated rings. The van der Waals surface area contributed by atoms with Gasteiger partial charge in [0.2, 0.25) is 0 Å². The van der Waals surface area contributed by atoms with Gasteiger partial charge in [0.25, 0.3) is 0 Å². The van der Waals surface area contributed by atoms with Gasteiger partial charge in [-0.25, -0.2) is 0 Å². The van der Waals surface area contributed by atoms with Crippen LogP contribution in [0.15, 0.2) is 33.7 Å². The first kappa shape index (κ1) is 11.6. The Bertz CT molecular complexity index is 180. The maximum atomic E-state index is 3.43. The molecule has 59 valence electrons. The van der Waals surface area contributed by atoms with Crippen molar-refractivity contribution >= 4 is 15.9 Å². The third-order valence-electron chi connectivity index (χ3n) is 1.27. The third-order valence-corrected chi connectivity index (χ3v) is 3.88. The average molecular weight is 379 g/mol. The van der Waals surface area contributed by atoms with E-state index in [1.807, 2.05) is 0 Å². The quantitative estimate of drug-likeness (QED) is 0.373. The molecule has 1 aliphatic carbocycles. The van der Waals surface area contributed by atoms with E-state index in [1.54, 1.807) is 9.41 Å². The number of alkyl halides is 1. The Kier molecular flexibility index (Phi) is 7.61. The zero-order valence-electron chi connectivity index (χ0n) is 6.73. The van der Waals surface area contributed by atoms with E-state index in [-0.39, 0.29) is 0 Å². The molecule has 0 aliphatic heterocycles. The second-order valence-corrected chi connectivity index (χ2v) is 5.03. The molecule has 0 atom stereocenters. The number of halogens is 1. The number of rotatable bonds is 1. The van der Waals surface area contributed by atoms with Gasteiger partial charge in [0, 0.05) is 5.33 Å². The van der Waals surface area contributed by atoms with E-state index in [0.717, 1.165) is 5.33 Å². The van der Waals surface area contributed by atoms with Gasteiger partial charge >= 0.3 is 58.8 Å². The van der Waals surface area contributed by atoms with Gasteiger partial charge in [-0.15, -0.1) is 6.58 Å². The minimum absolute atomic E-state index is 0.896. The van der Waals surface area contributed by atoms with Crippen molar-refractivity contribution in [3.05, 3.63) is 33.7 Å². The molecule has 0 aromatic carbocycles. The van der Waals surface area contributed by atoms with Gasteiger partial charge in [-0.2, -0.15) is 0 Å². The summed E-state index contributed by atoms with van der Waals surface area (Å²) in [4.78, 5) is 0. The first-order valence-corrected chi connectivity index (χ1v) is 6.39. The predicted molar refractivity (Wildman–Crippen MR) is 50.4 cm³/mol. The molecule has 0 saturated heterocycles. The van der Waals surface area contributed by atoms with E-state index >= 15 is 0 Å². The van der Waals surface area contributed by atoms with Gasteiger partial charge in [0.1, 0.15) is 0 Å². The Morgan fingerprint density at radius 3 is 2.45 bits per heavy atom. The van der Waals surface area contributed by atoms with E-state index in [0.29, 0.717) is 0 Å². The van der Waals surface area contributed by atoms with Crippen molar-refractivity contribution in [3.63, 3.8) is 0 Å². The van der Waals surface area contributed by atoms with Gasteiger partial charge in [0.15, 0.2) is 0 Å². The third kappa shape index (κ3) is 5.80. The summed E-state index contributed by atoms with van der Waals surface area (Å²) in [5.41, 5.74) is 1.51. The molecule has 11 heavy (non-hydrogen) atoms. The molecule has 0 spiro atoms. The number of hydrogen-bond donors (Lipinski definition) is 0. The van der Waals surface area contributed by atoms with Gasteiger partial charge < -0.3 is 0 Å². The first-order valence-electron chi connectivity index (χ1n) is 3.47. The molecule has 0 amide bonds.